The molecule has 0 spiro atoms. The molecule has 196 valence electrons. The number of nitrogens with one attached hydrogen (secondary N) is 2. The summed E-state index contributed by atoms with van der Waals surface area (Å²) in [4.78, 5) is 29.9. The van der Waals surface area contributed by atoms with E-state index in [4.69, 9.17) is 18.9 Å². The largest absolute Gasteiger partial charge is 0.497 e. The average Bonchev–Trinajstić information content (AvgIpc) is 3.42. The van der Waals surface area contributed by atoms with Crippen molar-refractivity contribution in [3.8, 4) is 23.0 Å². The Kier molecular flexibility index (Phi) is 8.84. The van der Waals surface area contributed by atoms with Crippen LogP contribution in [0.15, 0.2) is 47.8 Å². The maximum atomic E-state index is 12.8. The Morgan fingerprint density at radius 1 is 0.865 bits per heavy atom. The zero-order valence-electron chi connectivity index (χ0n) is 21.1. The van der Waals surface area contributed by atoms with Gasteiger partial charge < -0.3 is 29.6 Å². The van der Waals surface area contributed by atoms with Crippen molar-refractivity contribution in [2.24, 2.45) is 0 Å². The lowest BCUT2D eigenvalue weighted by molar-refractivity contribution is 0.0889. The lowest BCUT2D eigenvalue weighted by atomic mass is 9.91. The van der Waals surface area contributed by atoms with Gasteiger partial charge in [0.05, 0.1) is 21.3 Å². The predicted molar refractivity (Wildman–Crippen MR) is 140 cm³/mol. The van der Waals surface area contributed by atoms with E-state index in [1.807, 2.05) is 24.3 Å². The lowest BCUT2D eigenvalue weighted by Gasteiger charge is -2.29. The van der Waals surface area contributed by atoms with Crippen LogP contribution in [0.5, 0.6) is 23.0 Å². The van der Waals surface area contributed by atoms with E-state index in [1.54, 1.807) is 44.9 Å². The third-order valence-electron chi connectivity index (χ3n) is 6.22. The summed E-state index contributed by atoms with van der Waals surface area (Å²) in [6, 6.07) is 12.6. The van der Waals surface area contributed by atoms with Crippen molar-refractivity contribution < 1.29 is 28.5 Å². The summed E-state index contributed by atoms with van der Waals surface area (Å²) in [6.07, 6.45) is 3.08. The van der Waals surface area contributed by atoms with E-state index in [0.29, 0.717) is 39.3 Å². The lowest BCUT2D eigenvalue weighted by Crippen LogP contribution is -2.43. The van der Waals surface area contributed by atoms with Gasteiger partial charge in [-0.25, -0.2) is 4.98 Å². The van der Waals surface area contributed by atoms with Gasteiger partial charge in [-0.3, -0.25) is 9.59 Å². The number of hydrogen-bond donors (Lipinski definition) is 2. The van der Waals surface area contributed by atoms with Crippen molar-refractivity contribution in [2.75, 3.05) is 21.3 Å². The first-order valence-corrected chi connectivity index (χ1v) is 12.9. The average molecular weight is 526 g/mol. The molecule has 0 atom stereocenters. The number of aromatic nitrogens is 1. The molecule has 0 saturated heterocycles. The molecule has 0 unspecified atom stereocenters. The molecule has 0 bridgehead atoms. The minimum Gasteiger partial charge on any atom is -0.497 e. The fourth-order valence-corrected chi connectivity index (χ4v) is 4.89. The number of benzene rings is 2. The SMILES string of the molecule is COc1cc(OC)cc(C(=O)NC2CCC(NC(=O)c3csc(COc4ccccc4OC)n3)CC2)c1. The molecule has 2 aromatic carbocycles. The van der Waals surface area contributed by atoms with E-state index in [9.17, 15) is 9.59 Å². The predicted octanol–water partition coefficient (Wildman–Crippen LogP) is 4.22. The van der Waals surface area contributed by atoms with Crippen LogP contribution in [0, 0.1) is 0 Å². The topological polar surface area (TPSA) is 108 Å². The molecule has 1 saturated carbocycles. The second kappa shape index (κ2) is 12.4. The maximum Gasteiger partial charge on any atom is 0.270 e. The van der Waals surface area contributed by atoms with Crippen LogP contribution in [0.2, 0.25) is 0 Å². The first kappa shape index (κ1) is 26.3. The Morgan fingerprint density at radius 3 is 2.05 bits per heavy atom. The number of rotatable bonds is 10. The van der Waals surface area contributed by atoms with E-state index >= 15 is 0 Å². The van der Waals surface area contributed by atoms with Gasteiger partial charge in [0.25, 0.3) is 11.8 Å². The van der Waals surface area contributed by atoms with Crippen molar-refractivity contribution in [1.82, 2.24) is 15.6 Å². The van der Waals surface area contributed by atoms with E-state index in [0.717, 1.165) is 25.7 Å². The summed E-state index contributed by atoms with van der Waals surface area (Å²) in [5, 5.41) is 8.61. The van der Waals surface area contributed by atoms with Gasteiger partial charge in [-0.2, -0.15) is 0 Å². The van der Waals surface area contributed by atoms with Crippen LogP contribution < -0.4 is 29.6 Å². The molecule has 9 nitrogen and oxygen atoms in total. The van der Waals surface area contributed by atoms with Crippen LogP contribution in [-0.2, 0) is 6.61 Å². The van der Waals surface area contributed by atoms with E-state index < -0.39 is 0 Å². The molecule has 1 fully saturated rings. The van der Waals surface area contributed by atoms with Crippen molar-refractivity contribution in [3.63, 3.8) is 0 Å². The number of amides is 2. The van der Waals surface area contributed by atoms with Crippen LogP contribution in [0.4, 0.5) is 0 Å². The van der Waals surface area contributed by atoms with Gasteiger partial charge in [0.15, 0.2) is 11.5 Å². The highest BCUT2D eigenvalue weighted by molar-refractivity contribution is 7.09. The van der Waals surface area contributed by atoms with Crippen LogP contribution in [0.3, 0.4) is 0 Å². The third-order valence-corrected chi connectivity index (χ3v) is 7.04. The molecule has 2 amide bonds. The highest BCUT2D eigenvalue weighted by atomic mass is 32.1. The molecule has 0 radical (unpaired) electrons. The maximum absolute atomic E-state index is 12.8. The molecule has 1 aliphatic carbocycles. The molecule has 2 N–H and O–H groups in total. The Balaban J connectivity index is 1.24. The van der Waals surface area contributed by atoms with Gasteiger partial charge in [-0.1, -0.05) is 12.1 Å². The zero-order valence-corrected chi connectivity index (χ0v) is 21.9. The number of carbonyl (C=O) groups excluding carboxylic acids is 2. The fourth-order valence-electron chi connectivity index (χ4n) is 4.21. The number of carbonyl (C=O) groups is 2. The first-order valence-electron chi connectivity index (χ1n) is 12.0. The molecule has 3 aromatic rings. The minimum atomic E-state index is -0.198. The summed E-state index contributed by atoms with van der Waals surface area (Å²) in [5.74, 6) is 2.03. The molecule has 4 rings (SSSR count). The second-order valence-corrected chi connectivity index (χ2v) is 9.61. The number of hydrogen-bond acceptors (Lipinski definition) is 8. The third kappa shape index (κ3) is 6.91. The molecular weight excluding hydrogens is 494 g/mol. The van der Waals surface area contributed by atoms with Crippen molar-refractivity contribution in [2.45, 2.75) is 44.4 Å². The van der Waals surface area contributed by atoms with Gasteiger partial charge in [-0.05, 0) is 49.9 Å². The monoisotopic (exact) mass is 525 g/mol. The van der Waals surface area contributed by atoms with Crippen LogP contribution in [0.25, 0.3) is 0 Å². The summed E-state index contributed by atoms with van der Waals surface area (Å²) in [7, 11) is 4.69. The highest BCUT2D eigenvalue weighted by Gasteiger charge is 2.25. The Bertz CT molecular complexity index is 1200. The summed E-state index contributed by atoms with van der Waals surface area (Å²) < 4.78 is 21.6. The van der Waals surface area contributed by atoms with E-state index in [-0.39, 0.29) is 30.5 Å². The second-order valence-electron chi connectivity index (χ2n) is 8.66. The van der Waals surface area contributed by atoms with Gasteiger partial charge in [0.1, 0.15) is 28.8 Å². The minimum absolute atomic E-state index is 0.0348. The van der Waals surface area contributed by atoms with Gasteiger partial charge in [-0.15, -0.1) is 11.3 Å². The number of nitrogens with zero attached hydrogens (tertiary/aromatic N) is 1. The van der Waals surface area contributed by atoms with Gasteiger partial charge >= 0.3 is 0 Å². The van der Waals surface area contributed by atoms with Crippen molar-refractivity contribution in [3.05, 3.63) is 64.1 Å². The number of ether oxygens (including phenoxy) is 4. The van der Waals surface area contributed by atoms with Gasteiger partial charge in [0.2, 0.25) is 0 Å². The quantitative estimate of drug-likeness (QED) is 0.408. The fraction of sp³-hybridized carbons (Fsp3) is 0.370. The Morgan fingerprint density at radius 2 is 1.46 bits per heavy atom. The number of thiazole rings is 1. The van der Waals surface area contributed by atoms with Crippen molar-refractivity contribution >= 4 is 23.2 Å². The first-order chi connectivity index (χ1) is 18.0. The van der Waals surface area contributed by atoms with Crippen molar-refractivity contribution in [1.29, 1.82) is 0 Å². The summed E-state index contributed by atoms with van der Waals surface area (Å²) >= 11 is 1.38. The van der Waals surface area contributed by atoms with Crippen LogP contribution in [-0.4, -0.2) is 50.2 Å². The summed E-state index contributed by atoms with van der Waals surface area (Å²) in [5.41, 5.74) is 0.867. The van der Waals surface area contributed by atoms with E-state index in [1.165, 1.54) is 11.3 Å². The van der Waals surface area contributed by atoms with Gasteiger partial charge in [0, 0.05) is 29.1 Å². The molecule has 1 aromatic heterocycles. The molecule has 0 aliphatic heterocycles. The zero-order chi connectivity index (χ0) is 26.2. The summed E-state index contributed by atoms with van der Waals surface area (Å²) in [6.45, 7) is 0.252. The Labute approximate surface area is 220 Å². The number of para-hydroxylation sites is 2. The smallest absolute Gasteiger partial charge is 0.270 e. The van der Waals surface area contributed by atoms with Crippen LogP contribution in [0.1, 0.15) is 51.5 Å². The molecule has 1 aliphatic rings. The molecule has 37 heavy (non-hydrogen) atoms. The van der Waals surface area contributed by atoms with Crippen LogP contribution >= 0.6 is 11.3 Å². The molecule has 1 heterocycles. The van der Waals surface area contributed by atoms with E-state index in [2.05, 4.69) is 15.6 Å². The Hall–Kier alpha value is -3.79. The highest BCUT2D eigenvalue weighted by Crippen LogP contribution is 2.27. The molecular formula is C27H31N3O6S. The number of methoxy groups -OCH3 is 3. The molecule has 10 heteroatoms. The standard InChI is InChI=1S/C27H31N3O6S/c1-33-20-12-17(13-21(14-20)34-2)26(31)28-18-8-10-19(11-9-18)29-27(32)22-16-37-25(30-22)15-36-24-7-5-4-6-23(24)35-3/h4-7,12-14,16,18-19H,8-11,15H2,1-3H3,(H,28,31)(H,29,32). The normalized spacial score (nSPS) is 16.9.